The monoisotopic (exact) mass is 190 g/mol. The van der Waals surface area contributed by atoms with Gasteiger partial charge in [0.1, 0.15) is 0 Å². The van der Waals surface area contributed by atoms with E-state index in [-0.39, 0.29) is 29.6 Å². The Morgan fingerprint density at radius 2 is 1.73 bits per heavy atom. The summed E-state index contributed by atoms with van der Waals surface area (Å²) in [7, 11) is 0. The summed E-state index contributed by atoms with van der Waals surface area (Å²) in [5, 5.41) is 0. The Bertz CT molecular complexity index is 241. The van der Waals surface area contributed by atoms with Gasteiger partial charge in [0, 0.05) is 0 Å². The molecule has 0 fully saturated rings. The van der Waals surface area contributed by atoms with E-state index in [2.05, 4.69) is 0 Å². The number of benzene rings is 1. The molecule has 11 heavy (non-hydrogen) atoms. The summed E-state index contributed by atoms with van der Waals surface area (Å²) < 4.78 is 0.542. The summed E-state index contributed by atoms with van der Waals surface area (Å²) in [5.74, 6) is 0. The summed E-state index contributed by atoms with van der Waals surface area (Å²) in [6, 6.07) is 7.91. The first-order chi connectivity index (χ1) is 4.70. The van der Waals surface area contributed by atoms with Crippen LogP contribution in [-0.2, 0) is 12.6 Å². The average molecular weight is 190 g/mol. The molecule has 1 aromatic rings. The minimum absolute atomic E-state index is 0. The van der Waals surface area contributed by atoms with Crippen LogP contribution in [0, 0.1) is 6.92 Å². The smallest absolute Gasteiger partial charge is 0.428 e. The van der Waals surface area contributed by atoms with E-state index in [0.717, 1.165) is 5.56 Å². The molecule has 0 spiro atoms. The summed E-state index contributed by atoms with van der Waals surface area (Å²) >= 11 is 9.64. The van der Waals surface area contributed by atoms with E-state index < -0.39 is 0 Å². The predicted octanol–water partition coefficient (Wildman–Crippen LogP) is -0.779. The molecular weight excluding hydrogens is 183 g/mol. The van der Waals surface area contributed by atoms with Crippen LogP contribution in [0.4, 0.5) is 0 Å². The van der Waals surface area contributed by atoms with Crippen molar-refractivity contribution >= 4 is 29.0 Å². The first kappa shape index (κ1) is 11.5. The van der Waals surface area contributed by atoms with Gasteiger partial charge in [-0.2, -0.15) is 0 Å². The van der Waals surface area contributed by atoms with E-state index in [1.165, 1.54) is 5.56 Å². The third-order valence-electron chi connectivity index (χ3n) is 1.29. The third kappa shape index (κ3) is 3.63. The molecule has 0 aliphatic rings. The van der Waals surface area contributed by atoms with Gasteiger partial charge in [-0.25, -0.2) is 0 Å². The molecule has 0 unspecified atom stereocenters. The summed E-state index contributed by atoms with van der Waals surface area (Å²) in [6.07, 6.45) is 0. The molecule has 1 aromatic carbocycles. The van der Waals surface area contributed by atoms with Crippen molar-refractivity contribution in [1.29, 1.82) is 0 Å². The Hall–Kier alpha value is 0.530. The van der Waals surface area contributed by atoms with Gasteiger partial charge in [-0.3, -0.25) is 0 Å². The molecule has 0 aromatic heterocycles. The van der Waals surface area contributed by atoms with Crippen molar-refractivity contribution in [2.24, 2.45) is 0 Å². The first-order valence-corrected chi connectivity index (χ1v) is 3.80. The summed E-state index contributed by atoms with van der Waals surface area (Å²) in [6.45, 7) is 2.04. The Labute approximate surface area is 100 Å². The van der Waals surface area contributed by atoms with Crippen molar-refractivity contribution in [2.75, 3.05) is 0 Å². The standard InChI is InChI=1S/C8H8S2.Na/c1-6-2-4-7(5-3-6)8(9)10;/h2-5H,1H3,(H,9,10);/q;+1/p-1. The fourth-order valence-corrected chi connectivity index (χ4v) is 0.962. The van der Waals surface area contributed by atoms with E-state index in [0.29, 0.717) is 4.20 Å². The second-order valence-electron chi connectivity index (χ2n) is 2.15. The van der Waals surface area contributed by atoms with Crippen molar-refractivity contribution in [1.82, 2.24) is 0 Å². The fourth-order valence-electron chi connectivity index (χ4n) is 0.690. The molecule has 3 heteroatoms. The SMILES string of the molecule is Cc1ccc(C(=S)[S-])cc1.[Na+]. The number of thiocarbonyl (C=S) groups is 1. The molecule has 1 rings (SSSR count). The zero-order chi connectivity index (χ0) is 7.56. The molecule has 0 N–H and O–H groups in total. The molecule has 0 saturated heterocycles. The van der Waals surface area contributed by atoms with Gasteiger partial charge in [0.05, 0.1) is 0 Å². The topological polar surface area (TPSA) is 0 Å². The van der Waals surface area contributed by atoms with E-state index in [9.17, 15) is 0 Å². The molecule has 0 amide bonds. The Morgan fingerprint density at radius 3 is 2.09 bits per heavy atom. The number of rotatable bonds is 1. The van der Waals surface area contributed by atoms with Crippen LogP contribution in [-0.4, -0.2) is 4.20 Å². The van der Waals surface area contributed by atoms with Gasteiger partial charge in [-0.05, 0) is 12.5 Å². The van der Waals surface area contributed by atoms with Crippen molar-refractivity contribution in [3.8, 4) is 0 Å². The van der Waals surface area contributed by atoms with Crippen LogP contribution < -0.4 is 29.6 Å². The van der Waals surface area contributed by atoms with Crippen molar-refractivity contribution < 1.29 is 29.6 Å². The van der Waals surface area contributed by atoms with Crippen LogP contribution in [0.25, 0.3) is 0 Å². The molecule has 0 radical (unpaired) electrons. The quantitative estimate of drug-likeness (QED) is 0.324. The van der Waals surface area contributed by atoms with Crippen LogP contribution in [0.2, 0.25) is 0 Å². The molecule has 0 aliphatic heterocycles. The maximum atomic E-state index is 4.82. The zero-order valence-electron chi connectivity index (χ0n) is 6.63. The molecule has 0 bridgehead atoms. The number of aryl methyl sites for hydroxylation is 1. The molecule has 0 atom stereocenters. The third-order valence-corrected chi connectivity index (χ3v) is 1.76. The van der Waals surface area contributed by atoms with Crippen LogP contribution >= 0.6 is 12.2 Å². The molecule has 0 saturated carbocycles. The van der Waals surface area contributed by atoms with Crippen LogP contribution in [0.3, 0.4) is 0 Å². The normalized spacial score (nSPS) is 8.45. The number of hydrogen-bond acceptors (Lipinski definition) is 2. The zero-order valence-corrected chi connectivity index (χ0v) is 10.3. The molecule has 0 nitrogen and oxygen atoms in total. The fraction of sp³-hybridized carbons (Fsp3) is 0.125. The number of hydrogen-bond donors (Lipinski definition) is 0. The van der Waals surface area contributed by atoms with E-state index in [4.69, 9.17) is 24.8 Å². The molecule has 0 heterocycles. The van der Waals surface area contributed by atoms with E-state index in [1.807, 2.05) is 31.2 Å². The average Bonchev–Trinajstić information content (AvgIpc) is 1.88. The van der Waals surface area contributed by atoms with Crippen molar-refractivity contribution in [3.05, 3.63) is 35.4 Å². The summed E-state index contributed by atoms with van der Waals surface area (Å²) in [5.41, 5.74) is 2.20. The second-order valence-corrected chi connectivity index (χ2v) is 3.23. The molecule has 0 aliphatic carbocycles. The van der Waals surface area contributed by atoms with Crippen LogP contribution in [0.1, 0.15) is 11.1 Å². The maximum absolute atomic E-state index is 4.82. The summed E-state index contributed by atoms with van der Waals surface area (Å²) in [4.78, 5) is 0. The van der Waals surface area contributed by atoms with Gasteiger partial charge in [0.2, 0.25) is 0 Å². The van der Waals surface area contributed by atoms with Crippen LogP contribution in [0.15, 0.2) is 24.3 Å². The van der Waals surface area contributed by atoms with Gasteiger partial charge >= 0.3 is 29.6 Å². The van der Waals surface area contributed by atoms with Gasteiger partial charge < -0.3 is 24.8 Å². The minimum atomic E-state index is 0. The van der Waals surface area contributed by atoms with Crippen molar-refractivity contribution in [2.45, 2.75) is 6.92 Å². The van der Waals surface area contributed by atoms with Crippen molar-refractivity contribution in [3.63, 3.8) is 0 Å². The van der Waals surface area contributed by atoms with Crippen LogP contribution in [0.5, 0.6) is 0 Å². The molecule has 52 valence electrons. The van der Waals surface area contributed by atoms with Gasteiger partial charge in [-0.1, -0.05) is 29.8 Å². The van der Waals surface area contributed by atoms with E-state index >= 15 is 0 Å². The minimum Gasteiger partial charge on any atom is -0.428 e. The predicted molar refractivity (Wildman–Crippen MR) is 50.2 cm³/mol. The largest absolute Gasteiger partial charge is 1.00 e. The van der Waals surface area contributed by atoms with E-state index in [1.54, 1.807) is 0 Å². The Kier molecular flexibility index (Phi) is 5.48. The maximum Gasteiger partial charge on any atom is 1.00 e. The van der Waals surface area contributed by atoms with Gasteiger partial charge in [-0.15, -0.1) is 4.20 Å². The second kappa shape index (κ2) is 5.22. The first-order valence-electron chi connectivity index (χ1n) is 2.98. The molecular formula is C8H7NaS2. The Balaban J connectivity index is 0.000001000. The Morgan fingerprint density at radius 1 is 1.27 bits per heavy atom. The van der Waals surface area contributed by atoms with Gasteiger partial charge in [0.25, 0.3) is 0 Å². The van der Waals surface area contributed by atoms with Gasteiger partial charge in [0.15, 0.2) is 0 Å².